The number of carbonyl (C=O) groups is 2. The van der Waals surface area contributed by atoms with Crippen LogP contribution in [0.4, 0.5) is 5.69 Å². The molecule has 0 aliphatic carbocycles. The van der Waals surface area contributed by atoms with E-state index in [1.165, 1.54) is 0 Å². The first-order chi connectivity index (χ1) is 11.7. The molecule has 0 bridgehead atoms. The largest absolute Gasteiger partial charge is 0.495 e. The van der Waals surface area contributed by atoms with Crippen LogP contribution in [0.25, 0.3) is 0 Å². The number of likely N-dealkylation sites (tertiary alicyclic amines) is 1. The first-order valence-corrected chi connectivity index (χ1v) is 8.28. The zero-order valence-corrected chi connectivity index (χ0v) is 14.1. The number of carbonyl (C=O) groups excluding carboxylic acids is 2. The van der Waals surface area contributed by atoms with E-state index in [4.69, 9.17) is 10.5 Å². The van der Waals surface area contributed by atoms with Crippen molar-refractivity contribution in [1.29, 1.82) is 0 Å². The predicted octanol–water partition coefficient (Wildman–Crippen LogP) is 0.421. The molecule has 0 radical (unpaired) electrons. The second kappa shape index (κ2) is 9.12. The first kappa shape index (κ1) is 18.1. The minimum absolute atomic E-state index is 0.0165. The number of amides is 2. The highest BCUT2D eigenvalue weighted by Crippen LogP contribution is 2.23. The van der Waals surface area contributed by atoms with Gasteiger partial charge in [-0.15, -0.1) is 0 Å². The van der Waals surface area contributed by atoms with Gasteiger partial charge in [0, 0.05) is 26.2 Å². The summed E-state index contributed by atoms with van der Waals surface area (Å²) in [5.41, 5.74) is 6.18. The van der Waals surface area contributed by atoms with Crippen LogP contribution in [0.15, 0.2) is 24.3 Å². The minimum Gasteiger partial charge on any atom is -0.495 e. The van der Waals surface area contributed by atoms with E-state index in [-0.39, 0.29) is 24.3 Å². The van der Waals surface area contributed by atoms with Gasteiger partial charge in [-0.1, -0.05) is 12.1 Å². The van der Waals surface area contributed by atoms with Crippen LogP contribution in [-0.4, -0.2) is 56.5 Å². The van der Waals surface area contributed by atoms with Crippen LogP contribution in [0.3, 0.4) is 0 Å². The maximum Gasteiger partial charge on any atom is 0.241 e. The van der Waals surface area contributed by atoms with Crippen molar-refractivity contribution in [1.82, 2.24) is 10.2 Å². The summed E-state index contributed by atoms with van der Waals surface area (Å²) >= 11 is 0. The van der Waals surface area contributed by atoms with Crippen molar-refractivity contribution in [2.45, 2.75) is 12.8 Å². The lowest BCUT2D eigenvalue weighted by Gasteiger charge is -2.32. The van der Waals surface area contributed by atoms with Gasteiger partial charge < -0.3 is 26.0 Å². The molecule has 1 aliphatic rings. The van der Waals surface area contributed by atoms with E-state index >= 15 is 0 Å². The number of ether oxygens (including phenoxy) is 1. The van der Waals surface area contributed by atoms with Crippen molar-refractivity contribution in [3.8, 4) is 5.75 Å². The molecule has 1 aromatic carbocycles. The van der Waals surface area contributed by atoms with Gasteiger partial charge in [0.25, 0.3) is 0 Å². The van der Waals surface area contributed by atoms with Crippen molar-refractivity contribution < 1.29 is 14.3 Å². The maximum absolute atomic E-state index is 12.4. The van der Waals surface area contributed by atoms with E-state index in [2.05, 4.69) is 10.6 Å². The maximum atomic E-state index is 12.4. The Morgan fingerprint density at radius 1 is 1.38 bits per heavy atom. The molecule has 7 heteroatoms. The number of nitrogens with two attached hydrogens (primary N) is 1. The summed E-state index contributed by atoms with van der Waals surface area (Å²) < 4.78 is 5.26. The third-order valence-corrected chi connectivity index (χ3v) is 4.13. The molecular weight excluding hydrogens is 308 g/mol. The van der Waals surface area contributed by atoms with Crippen LogP contribution in [0.2, 0.25) is 0 Å². The van der Waals surface area contributed by atoms with Gasteiger partial charge in [-0.25, -0.2) is 0 Å². The van der Waals surface area contributed by atoms with Gasteiger partial charge in [0.05, 0.1) is 25.3 Å². The Morgan fingerprint density at radius 3 is 2.92 bits per heavy atom. The summed E-state index contributed by atoms with van der Waals surface area (Å²) in [6.45, 7) is 2.22. The number of nitrogens with zero attached hydrogens (tertiary/aromatic N) is 1. The summed E-state index contributed by atoms with van der Waals surface area (Å²) in [4.78, 5) is 26.2. The second-order valence-electron chi connectivity index (χ2n) is 5.81. The Balaban J connectivity index is 1.86. The fourth-order valence-corrected chi connectivity index (χ4v) is 2.83. The van der Waals surface area contributed by atoms with Gasteiger partial charge in [0.2, 0.25) is 11.8 Å². The molecule has 1 saturated heterocycles. The van der Waals surface area contributed by atoms with Gasteiger partial charge in [0.15, 0.2) is 0 Å². The average Bonchev–Trinajstić information content (AvgIpc) is 2.64. The van der Waals surface area contributed by atoms with Crippen LogP contribution in [-0.2, 0) is 9.59 Å². The molecule has 4 N–H and O–H groups in total. The molecular formula is C17H26N4O3. The number of para-hydroxylation sites is 2. The van der Waals surface area contributed by atoms with E-state index in [0.717, 1.165) is 18.5 Å². The lowest BCUT2D eigenvalue weighted by Crippen LogP contribution is -2.47. The van der Waals surface area contributed by atoms with Crippen molar-refractivity contribution in [3.05, 3.63) is 24.3 Å². The molecule has 24 heavy (non-hydrogen) atoms. The van der Waals surface area contributed by atoms with Crippen LogP contribution in [0, 0.1) is 5.92 Å². The Bertz CT molecular complexity index is 565. The van der Waals surface area contributed by atoms with Crippen molar-refractivity contribution in [2.24, 2.45) is 11.7 Å². The molecule has 2 amide bonds. The van der Waals surface area contributed by atoms with Crippen LogP contribution < -0.4 is 21.1 Å². The molecule has 0 saturated carbocycles. The fourth-order valence-electron chi connectivity index (χ4n) is 2.83. The lowest BCUT2D eigenvalue weighted by molar-refractivity contribution is -0.134. The van der Waals surface area contributed by atoms with Crippen molar-refractivity contribution >= 4 is 17.5 Å². The zero-order chi connectivity index (χ0) is 17.4. The van der Waals surface area contributed by atoms with Gasteiger partial charge in [-0.2, -0.15) is 0 Å². The van der Waals surface area contributed by atoms with Gasteiger partial charge in [-0.05, 0) is 25.0 Å². The molecule has 0 spiro atoms. The molecule has 7 nitrogen and oxygen atoms in total. The van der Waals surface area contributed by atoms with Crippen LogP contribution >= 0.6 is 0 Å². The molecule has 1 atom stereocenters. The Labute approximate surface area is 142 Å². The summed E-state index contributed by atoms with van der Waals surface area (Å²) in [7, 11) is 1.59. The topological polar surface area (TPSA) is 96.7 Å². The smallest absolute Gasteiger partial charge is 0.241 e. The number of benzene rings is 1. The van der Waals surface area contributed by atoms with Crippen LogP contribution in [0.5, 0.6) is 5.75 Å². The molecule has 1 unspecified atom stereocenters. The standard InChI is InChI=1S/C17H26N4O3/c1-24-15-7-3-2-6-14(15)20-11-16(22)21-10-4-5-13(12-21)17(23)19-9-8-18/h2-3,6-7,13,20H,4-5,8-12,18H2,1H3,(H,19,23). The zero-order valence-electron chi connectivity index (χ0n) is 14.1. The Hall–Kier alpha value is -2.28. The van der Waals surface area contributed by atoms with Crippen molar-refractivity contribution in [3.63, 3.8) is 0 Å². The lowest BCUT2D eigenvalue weighted by atomic mass is 9.97. The fraction of sp³-hybridized carbons (Fsp3) is 0.529. The second-order valence-corrected chi connectivity index (χ2v) is 5.81. The highest BCUT2D eigenvalue weighted by atomic mass is 16.5. The van der Waals surface area contributed by atoms with Gasteiger partial charge in [-0.3, -0.25) is 9.59 Å². The molecule has 2 rings (SSSR count). The number of hydrogen-bond acceptors (Lipinski definition) is 5. The summed E-state index contributed by atoms with van der Waals surface area (Å²) in [5.74, 6) is 0.511. The molecule has 1 fully saturated rings. The van der Waals surface area contributed by atoms with Gasteiger partial charge in [0.1, 0.15) is 5.75 Å². The Morgan fingerprint density at radius 2 is 2.17 bits per heavy atom. The highest BCUT2D eigenvalue weighted by molar-refractivity contribution is 5.83. The summed E-state index contributed by atoms with van der Waals surface area (Å²) in [6, 6.07) is 7.46. The number of piperidine rings is 1. The van der Waals surface area contributed by atoms with E-state index in [0.29, 0.717) is 31.9 Å². The molecule has 1 heterocycles. The van der Waals surface area contributed by atoms with Crippen molar-refractivity contribution in [2.75, 3.05) is 45.2 Å². The quantitative estimate of drug-likeness (QED) is 0.671. The van der Waals surface area contributed by atoms with Crippen LogP contribution in [0.1, 0.15) is 12.8 Å². The number of nitrogens with one attached hydrogen (secondary N) is 2. The number of hydrogen-bond donors (Lipinski definition) is 3. The van der Waals surface area contributed by atoms with E-state index in [9.17, 15) is 9.59 Å². The summed E-state index contributed by atoms with van der Waals surface area (Å²) in [6.07, 6.45) is 1.64. The predicted molar refractivity (Wildman–Crippen MR) is 92.9 cm³/mol. The van der Waals surface area contributed by atoms with E-state index < -0.39 is 0 Å². The molecule has 1 aromatic rings. The SMILES string of the molecule is COc1ccccc1NCC(=O)N1CCCC(C(=O)NCCN)C1. The monoisotopic (exact) mass is 334 g/mol. The molecule has 132 valence electrons. The minimum atomic E-state index is -0.152. The third-order valence-electron chi connectivity index (χ3n) is 4.13. The first-order valence-electron chi connectivity index (χ1n) is 8.28. The number of rotatable bonds is 7. The van der Waals surface area contributed by atoms with E-state index in [1.807, 2.05) is 24.3 Å². The van der Waals surface area contributed by atoms with Gasteiger partial charge >= 0.3 is 0 Å². The third kappa shape index (κ3) is 4.86. The Kier molecular flexibility index (Phi) is 6.87. The average molecular weight is 334 g/mol. The number of methoxy groups -OCH3 is 1. The molecule has 0 aromatic heterocycles. The van der Waals surface area contributed by atoms with E-state index in [1.54, 1.807) is 12.0 Å². The number of anilines is 1. The highest BCUT2D eigenvalue weighted by Gasteiger charge is 2.28. The normalized spacial score (nSPS) is 17.2. The molecule has 1 aliphatic heterocycles. The summed E-state index contributed by atoms with van der Waals surface area (Å²) in [5, 5.41) is 5.91.